The van der Waals surface area contributed by atoms with Crippen molar-refractivity contribution in [3.63, 3.8) is 0 Å². The van der Waals surface area contributed by atoms with E-state index in [0.717, 1.165) is 30.5 Å². The van der Waals surface area contributed by atoms with E-state index in [2.05, 4.69) is 16.1 Å². The number of carbonyl (C=O) groups is 1. The molecule has 2 aromatic rings. The van der Waals surface area contributed by atoms with Gasteiger partial charge in [-0.15, -0.1) is 0 Å². The summed E-state index contributed by atoms with van der Waals surface area (Å²) < 4.78 is 27.4. The molecule has 0 bridgehead atoms. The third kappa shape index (κ3) is 4.31. The molecule has 1 amide bonds. The lowest BCUT2D eigenvalue weighted by atomic mass is 10.1. The van der Waals surface area contributed by atoms with E-state index in [1.54, 1.807) is 19.1 Å². The van der Waals surface area contributed by atoms with Gasteiger partial charge in [-0.25, -0.2) is 13.1 Å². The summed E-state index contributed by atoms with van der Waals surface area (Å²) in [5.41, 5.74) is 4.98. The van der Waals surface area contributed by atoms with E-state index in [4.69, 9.17) is 0 Å². The molecule has 0 heterocycles. The Kier molecular flexibility index (Phi) is 5.44. The molecule has 0 saturated heterocycles. The topological polar surface area (TPSA) is 75.3 Å². The molecule has 26 heavy (non-hydrogen) atoms. The molecule has 1 aliphatic rings. The van der Waals surface area contributed by atoms with Gasteiger partial charge in [-0.05, 0) is 73.6 Å². The fourth-order valence-electron chi connectivity index (χ4n) is 3.25. The van der Waals surface area contributed by atoms with Crippen LogP contribution in [0.4, 0.5) is 5.69 Å². The number of amides is 1. The zero-order valence-electron chi connectivity index (χ0n) is 15.1. The van der Waals surface area contributed by atoms with Crippen molar-refractivity contribution in [2.45, 2.75) is 44.4 Å². The van der Waals surface area contributed by atoms with Crippen molar-refractivity contribution in [1.82, 2.24) is 4.72 Å². The average molecular weight is 372 g/mol. The molecule has 2 N–H and O–H groups in total. The van der Waals surface area contributed by atoms with Gasteiger partial charge in [0.05, 0.1) is 4.90 Å². The first-order valence-electron chi connectivity index (χ1n) is 8.84. The lowest BCUT2D eigenvalue weighted by molar-refractivity contribution is -0.116. The molecule has 138 valence electrons. The molecule has 3 rings (SSSR count). The molecule has 2 aromatic carbocycles. The van der Waals surface area contributed by atoms with Crippen LogP contribution >= 0.6 is 0 Å². The molecule has 0 aromatic heterocycles. The highest BCUT2D eigenvalue weighted by Crippen LogP contribution is 2.25. The molecule has 0 fully saturated rings. The van der Waals surface area contributed by atoms with Crippen molar-refractivity contribution in [2.24, 2.45) is 0 Å². The standard InChI is InChI=1S/C20H24N2O3S/c1-14-6-7-15(2)19(12-14)26(24,25)21-11-10-20(23)22-18-9-8-16-4-3-5-17(16)13-18/h6-9,12-13,21H,3-5,10-11H2,1-2H3,(H,22,23). The smallest absolute Gasteiger partial charge is 0.240 e. The summed E-state index contributed by atoms with van der Waals surface area (Å²) in [5.74, 6) is -0.202. The summed E-state index contributed by atoms with van der Waals surface area (Å²) in [6.07, 6.45) is 3.40. The SMILES string of the molecule is Cc1ccc(C)c(S(=O)(=O)NCCC(=O)Nc2ccc3c(c2)CCC3)c1. The molecule has 0 radical (unpaired) electrons. The Balaban J connectivity index is 1.55. The van der Waals surface area contributed by atoms with Gasteiger partial charge in [-0.3, -0.25) is 4.79 Å². The van der Waals surface area contributed by atoms with Gasteiger partial charge in [0.25, 0.3) is 0 Å². The van der Waals surface area contributed by atoms with E-state index in [-0.39, 0.29) is 23.8 Å². The van der Waals surface area contributed by atoms with Crippen molar-refractivity contribution in [3.05, 3.63) is 58.7 Å². The lowest BCUT2D eigenvalue weighted by Gasteiger charge is -2.11. The highest BCUT2D eigenvalue weighted by atomic mass is 32.2. The van der Waals surface area contributed by atoms with Crippen LogP contribution in [-0.4, -0.2) is 20.9 Å². The number of hydrogen-bond acceptors (Lipinski definition) is 3. The minimum atomic E-state index is -3.62. The first kappa shape index (κ1) is 18.6. The van der Waals surface area contributed by atoms with Crippen molar-refractivity contribution < 1.29 is 13.2 Å². The van der Waals surface area contributed by atoms with E-state index in [1.165, 1.54) is 11.1 Å². The van der Waals surface area contributed by atoms with Crippen LogP contribution in [0.3, 0.4) is 0 Å². The summed E-state index contributed by atoms with van der Waals surface area (Å²) in [7, 11) is -3.62. The largest absolute Gasteiger partial charge is 0.326 e. The van der Waals surface area contributed by atoms with Gasteiger partial charge < -0.3 is 5.32 Å². The van der Waals surface area contributed by atoms with Gasteiger partial charge in [0.15, 0.2) is 0 Å². The minimum Gasteiger partial charge on any atom is -0.326 e. The molecule has 1 aliphatic carbocycles. The van der Waals surface area contributed by atoms with Crippen molar-refractivity contribution in [2.75, 3.05) is 11.9 Å². The van der Waals surface area contributed by atoms with Crippen molar-refractivity contribution in [1.29, 1.82) is 0 Å². The van der Waals surface area contributed by atoms with Crippen LogP contribution in [0.5, 0.6) is 0 Å². The lowest BCUT2D eigenvalue weighted by Crippen LogP contribution is -2.28. The summed E-state index contributed by atoms with van der Waals surface area (Å²) >= 11 is 0. The van der Waals surface area contributed by atoms with Crippen LogP contribution in [0.1, 0.15) is 35.1 Å². The van der Waals surface area contributed by atoms with Crippen LogP contribution in [0.15, 0.2) is 41.3 Å². The number of nitrogens with one attached hydrogen (secondary N) is 2. The summed E-state index contributed by atoms with van der Waals surface area (Å²) in [4.78, 5) is 12.4. The van der Waals surface area contributed by atoms with Gasteiger partial charge >= 0.3 is 0 Å². The second kappa shape index (κ2) is 7.60. The number of hydrogen-bond donors (Lipinski definition) is 2. The highest BCUT2D eigenvalue weighted by Gasteiger charge is 2.17. The van der Waals surface area contributed by atoms with Crippen molar-refractivity contribution in [3.8, 4) is 0 Å². The molecular formula is C20H24N2O3S. The maximum absolute atomic E-state index is 12.4. The van der Waals surface area contributed by atoms with E-state index in [1.807, 2.05) is 25.1 Å². The van der Waals surface area contributed by atoms with Crippen LogP contribution in [0.2, 0.25) is 0 Å². The number of anilines is 1. The zero-order chi connectivity index (χ0) is 18.7. The van der Waals surface area contributed by atoms with Gasteiger partial charge in [0, 0.05) is 18.7 Å². The number of benzene rings is 2. The number of rotatable bonds is 6. The highest BCUT2D eigenvalue weighted by molar-refractivity contribution is 7.89. The third-order valence-electron chi connectivity index (χ3n) is 4.66. The van der Waals surface area contributed by atoms with E-state index in [9.17, 15) is 13.2 Å². The Morgan fingerprint density at radius 1 is 1.04 bits per heavy atom. The number of carbonyl (C=O) groups excluding carboxylic acids is 1. The van der Waals surface area contributed by atoms with Crippen LogP contribution in [0, 0.1) is 13.8 Å². The van der Waals surface area contributed by atoms with Crippen LogP contribution in [-0.2, 0) is 27.7 Å². The summed E-state index contributed by atoms with van der Waals surface area (Å²) in [6, 6.07) is 11.3. The van der Waals surface area contributed by atoms with Gasteiger partial charge in [-0.1, -0.05) is 18.2 Å². The Hall–Kier alpha value is -2.18. The normalized spacial score (nSPS) is 13.5. The zero-order valence-corrected chi connectivity index (χ0v) is 15.9. The average Bonchev–Trinajstić information content (AvgIpc) is 3.04. The number of sulfonamides is 1. The molecule has 0 unspecified atom stereocenters. The van der Waals surface area contributed by atoms with Gasteiger partial charge in [0.1, 0.15) is 0 Å². The predicted octanol–water partition coefficient (Wildman–Crippen LogP) is 3.10. The van der Waals surface area contributed by atoms with Crippen molar-refractivity contribution >= 4 is 21.6 Å². The maximum Gasteiger partial charge on any atom is 0.240 e. The summed E-state index contributed by atoms with van der Waals surface area (Å²) in [5, 5.41) is 2.84. The molecule has 0 atom stereocenters. The fraction of sp³-hybridized carbons (Fsp3) is 0.350. The Morgan fingerprint density at radius 3 is 2.62 bits per heavy atom. The van der Waals surface area contributed by atoms with Crippen LogP contribution in [0.25, 0.3) is 0 Å². The first-order chi connectivity index (χ1) is 12.3. The maximum atomic E-state index is 12.4. The van der Waals surface area contributed by atoms with E-state index in [0.29, 0.717) is 5.56 Å². The molecular weight excluding hydrogens is 348 g/mol. The predicted molar refractivity (Wildman–Crippen MR) is 103 cm³/mol. The van der Waals surface area contributed by atoms with E-state index < -0.39 is 10.0 Å². The number of fused-ring (bicyclic) bond motifs is 1. The molecule has 0 saturated carbocycles. The molecule has 5 nitrogen and oxygen atoms in total. The first-order valence-corrected chi connectivity index (χ1v) is 10.3. The second-order valence-corrected chi connectivity index (χ2v) is 8.54. The second-order valence-electron chi connectivity index (χ2n) is 6.80. The monoisotopic (exact) mass is 372 g/mol. The van der Waals surface area contributed by atoms with Crippen LogP contribution < -0.4 is 10.0 Å². The minimum absolute atomic E-state index is 0.0620. The van der Waals surface area contributed by atoms with Gasteiger partial charge in [-0.2, -0.15) is 0 Å². The Labute approximate surface area is 154 Å². The fourth-order valence-corrected chi connectivity index (χ4v) is 4.61. The third-order valence-corrected chi connectivity index (χ3v) is 6.26. The van der Waals surface area contributed by atoms with E-state index >= 15 is 0 Å². The summed E-state index contributed by atoms with van der Waals surface area (Å²) in [6.45, 7) is 3.67. The Morgan fingerprint density at radius 2 is 1.81 bits per heavy atom. The molecule has 0 aliphatic heterocycles. The number of aryl methyl sites for hydroxylation is 4. The molecule has 0 spiro atoms. The molecule has 6 heteroatoms. The quantitative estimate of drug-likeness (QED) is 0.818. The van der Waals surface area contributed by atoms with Gasteiger partial charge in [0.2, 0.25) is 15.9 Å². The Bertz CT molecular complexity index is 936.